The van der Waals surface area contributed by atoms with Gasteiger partial charge in [0, 0.05) is 0 Å². The van der Waals surface area contributed by atoms with Gasteiger partial charge in [0.1, 0.15) is 5.92 Å². The molecule has 4 amide bonds. The van der Waals surface area contributed by atoms with E-state index in [-0.39, 0.29) is 12.2 Å². The van der Waals surface area contributed by atoms with Crippen molar-refractivity contribution in [1.29, 1.82) is 0 Å². The molecule has 0 aliphatic carbocycles. The third-order valence-corrected chi connectivity index (χ3v) is 2.79. The van der Waals surface area contributed by atoms with Gasteiger partial charge in [-0.05, 0) is 24.1 Å². The quantitative estimate of drug-likeness (QED) is 0.662. The maximum Gasteiger partial charge on any atom is 0.328 e. The van der Waals surface area contributed by atoms with Crippen LogP contribution in [0.2, 0.25) is 0 Å². The highest BCUT2D eigenvalue weighted by molar-refractivity contribution is 6.16. The van der Waals surface area contributed by atoms with Crippen molar-refractivity contribution in [2.24, 2.45) is 5.92 Å². The standard InChI is InChI=1S/C12H12N2O5/c1-19-9-3-2-6(5-8(9)15)4-7-10(16)13-12(18)14-11(7)17/h2-3,5,7,15H,4H2,1H3,(H2,13,14,16,17,18). The lowest BCUT2D eigenvalue weighted by atomic mass is 9.96. The Morgan fingerprint density at radius 1 is 1.21 bits per heavy atom. The molecule has 0 saturated carbocycles. The first-order valence-corrected chi connectivity index (χ1v) is 5.53. The molecule has 2 rings (SSSR count). The SMILES string of the molecule is COc1ccc(CC2C(=O)NC(=O)NC2=O)cc1O. The first-order valence-electron chi connectivity index (χ1n) is 5.53. The second kappa shape index (κ2) is 4.97. The van der Waals surface area contributed by atoms with E-state index in [1.54, 1.807) is 6.07 Å². The summed E-state index contributed by atoms with van der Waals surface area (Å²) in [6.07, 6.45) is 0.0858. The number of phenolic OH excluding ortho intramolecular Hbond substituents is 1. The smallest absolute Gasteiger partial charge is 0.328 e. The lowest BCUT2D eigenvalue weighted by molar-refractivity contribution is -0.135. The number of imide groups is 2. The zero-order valence-corrected chi connectivity index (χ0v) is 10.1. The van der Waals surface area contributed by atoms with Crippen molar-refractivity contribution in [2.75, 3.05) is 7.11 Å². The minimum absolute atomic E-state index is 0.0762. The van der Waals surface area contributed by atoms with Gasteiger partial charge in [0.25, 0.3) is 0 Å². The Labute approximate surface area is 108 Å². The van der Waals surface area contributed by atoms with Crippen molar-refractivity contribution in [3.63, 3.8) is 0 Å². The third-order valence-electron chi connectivity index (χ3n) is 2.79. The summed E-state index contributed by atoms with van der Waals surface area (Å²) in [5.41, 5.74) is 0.586. The first-order chi connectivity index (χ1) is 9.01. The van der Waals surface area contributed by atoms with E-state index in [2.05, 4.69) is 0 Å². The Balaban J connectivity index is 2.16. The Bertz CT molecular complexity index is 535. The Kier molecular flexibility index (Phi) is 3.37. The lowest BCUT2D eigenvalue weighted by Gasteiger charge is -2.20. The molecule has 0 unspecified atom stereocenters. The van der Waals surface area contributed by atoms with E-state index < -0.39 is 23.8 Å². The molecule has 19 heavy (non-hydrogen) atoms. The van der Waals surface area contributed by atoms with Gasteiger partial charge in [0.15, 0.2) is 11.5 Å². The largest absolute Gasteiger partial charge is 0.504 e. The molecular formula is C12H12N2O5. The number of aromatic hydroxyl groups is 1. The number of hydrogen-bond donors (Lipinski definition) is 3. The van der Waals surface area contributed by atoms with Gasteiger partial charge in [0.05, 0.1) is 7.11 Å². The van der Waals surface area contributed by atoms with Crippen LogP contribution < -0.4 is 15.4 Å². The number of nitrogens with one attached hydrogen (secondary N) is 2. The van der Waals surface area contributed by atoms with E-state index in [1.807, 2.05) is 10.6 Å². The second-order valence-electron chi connectivity index (χ2n) is 4.07. The fraction of sp³-hybridized carbons (Fsp3) is 0.250. The van der Waals surface area contributed by atoms with E-state index >= 15 is 0 Å². The maximum atomic E-state index is 11.5. The molecule has 1 heterocycles. The molecule has 100 valence electrons. The van der Waals surface area contributed by atoms with Crippen LogP contribution in [-0.2, 0) is 16.0 Å². The normalized spacial score (nSPS) is 15.9. The van der Waals surface area contributed by atoms with Crippen molar-refractivity contribution >= 4 is 17.8 Å². The molecule has 0 spiro atoms. The van der Waals surface area contributed by atoms with Crippen LogP contribution in [0.15, 0.2) is 18.2 Å². The summed E-state index contributed by atoms with van der Waals surface area (Å²) >= 11 is 0. The number of carbonyl (C=O) groups is 3. The summed E-state index contributed by atoms with van der Waals surface area (Å²) in [5.74, 6) is -2.07. The van der Waals surface area contributed by atoms with Gasteiger partial charge in [-0.15, -0.1) is 0 Å². The number of carbonyl (C=O) groups excluding carboxylic acids is 3. The number of methoxy groups -OCH3 is 1. The van der Waals surface area contributed by atoms with E-state index in [0.29, 0.717) is 11.3 Å². The molecule has 1 fully saturated rings. The molecule has 7 nitrogen and oxygen atoms in total. The second-order valence-corrected chi connectivity index (χ2v) is 4.07. The molecule has 0 radical (unpaired) electrons. The number of urea groups is 1. The highest BCUT2D eigenvalue weighted by atomic mass is 16.5. The predicted octanol–water partition coefficient (Wildman–Crippen LogP) is -0.0745. The van der Waals surface area contributed by atoms with Crippen LogP contribution in [0, 0.1) is 5.92 Å². The van der Waals surface area contributed by atoms with Gasteiger partial charge in [-0.1, -0.05) is 6.07 Å². The number of ether oxygens (including phenoxy) is 1. The number of benzene rings is 1. The minimum atomic E-state index is -0.995. The predicted molar refractivity (Wildman–Crippen MR) is 63.5 cm³/mol. The number of barbiturate groups is 1. The van der Waals surface area contributed by atoms with Gasteiger partial charge in [-0.3, -0.25) is 20.2 Å². The van der Waals surface area contributed by atoms with Crippen LogP contribution in [0.5, 0.6) is 11.5 Å². The first kappa shape index (κ1) is 12.9. The number of phenols is 1. The summed E-state index contributed by atoms with van der Waals surface area (Å²) in [5, 5.41) is 13.7. The van der Waals surface area contributed by atoms with E-state index in [0.717, 1.165) is 0 Å². The van der Waals surface area contributed by atoms with E-state index in [4.69, 9.17) is 4.74 Å². The van der Waals surface area contributed by atoms with Crippen molar-refractivity contribution in [2.45, 2.75) is 6.42 Å². The Hall–Kier alpha value is -2.57. The van der Waals surface area contributed by atoms with Gasteiger partial charge < -0.3 is 9.84 Å². The minimum Gasteiger partial charge on any atom is -0.504 e. The molecule has 1 aromatic carbocycles. The van der Waals surface area contributed by atoms with Gasteiger partial charge in [-0.2, -0.15) is 0 Å². The van der Waals surface area contributed by atoms with Crippen LogP contribution in [-0.4, -0.2) is 30.1 Å². The molecule has 7 heteroatoms. The fourth-order valence-electron chi connectivity index (χ4n) is 1.83. The third kappa shape index (κ3) is 2.65. The monoisotopic (exact) mass is 264 g/mol. The number of hydrogen-bond acceptors (Lipinski definition) is 5. The Morgan fingerprint density at radius 2 is 1.84 bits per heavy atom. The molecule has 1 aromatic rings. The molecule has 1 aliphatic heterocycles. The zero-order chi connectivity index (χ0) is 14.0. The Morgan fingerprint density at radius 3 is 2.37 bits per heavy atom. The summed E-state index contributed by atoms with van der Waals surface area (Å²) in [6, 6.07) is 3.77. The molecule has 0 atom stereocenters. The van der Waals surface area contributed by atoms with Crippen molar-refractivity contribution in [3.05, 3.63) is 23.8 Å². The van der Waals surface area contributed by atoms with Crippen molar-refractivity contribution < 1.29 is 24.2 Å². The molecule has 3 N–H and O–H groups in total. The molecule has 0 aromatic heterocycles. The lowest BCUT2D eigenvalue weighted by Crippen LogP contribution is -2.56. The number of amides is 4. The molecule has 1 saturated heterocycles. The van der Waals surface area contributed by atoms with Crippen LogP contribution in [0.4, 0.5) is 4.79 Å². The van der Waals surface area contributed by atoms with Gasteiger partial charge in [0.2, 0.25) is 11.8 Å². The highest BCUT2D eigenvalue weighted by Gasteiger charge is 2.34. The van der Waals surface area contributed by atoms with Crippen molar-refractivity contribution in [3.8, 4) is 11.5 Å². The van der Waals surface area contributed by atoms with Crippen LogP contribution in [0.3, 0.4) is 0 Å². The zero-order valence-electron chi connectivity index (χ0n) is 10.1. The van der Waals surface area contributed by atoms with E-state index in [1.165, 1.54) is 19.2 Å². The molecule has 0 bridgehead atoms. The summed E-state index contributed by atoms with van der Waals surface area (Å²) < 4.78 is 4.89. The molecule has 1 aliphatic rings. The maximum absolute atomic E-state index is 11.5. The average molecular weight is 264 g/mol. The number of rotatable bonds is 3. The fourth-order valence-corrected chi connectivity index (χ4v) is 1.83. The summed E-state index contributed by atoms with van der Waals surface area (Å²) in [7, 11) is 1.42. The van der Waals surface area contributed by atoms with Crippen molar-refractivity contribution in [1.82, 2.24) is 10.6 Å². The van der Waals surface area contributed by atoms with Gasteiger partial charge in [-0.25, -0.2) is 4.79 Å². The summed E-state index contributed by atoms with van der Waals surface area (Å²) in [6.45, 7) is 0. The summed E-state index contributed by atoms with van der Waals surface area (Å²) in [4.78, 5) is 34.0. The van der Waals surface area contributed by atoms with Crippen LogP contribution in [0.1, 0.15) is 5.56 Å². The van der Waals surface area contributed by atoms with E-state index in [9.17, 15) is 19.5 Å². The van der Waals surface area contributed by atoms with Crippen LogP contribution >= 0.6 is 0 Å². The topological polar surface area (TPSA) is 105 Å². The molecular weight excluding hydrogens is 252 g/mol. The van der Waals surface area contributed by atoms with Gasteiger partial charge >= 0.3 is 6.03 Å². The van der Waals surface area contributed by atoms with Crippen LogP contribution in [0.25, 0.3) is 0 Å². The average Bonchev–Trinajstić information content (AvgIpc) is 2.34. The highest BCUT2D eigenvalue weighted by Crippen LogP contribution is 2.27.